The second-order valence-corrected chi connectivity index (χ2v) is 17.9. The summed E-state index contributed by atoms with van der Waals surface area (Å²) in [5, 5.41) is 92.2. The van der Waals surface area contributed by atoms with E-state index in [0.717, 1.165) is 51.4 Å². The van der Waals surface area contributed by atoms with Gasteiger partial charge >= 0.3 is 35.5 Å². The number of methoxy groups -OCH3 is 3. The molecule has 388 valence electrons. The fourth-order valence-corrected chi connectivity index (χ4v) is 9.15. The minimum Gasteiger partial charge on any atom is -0.547 e. The van der Waals surface area contributed by atoms with Crippen molar-refractivity contribution in [3.05, 3.63) is 23.8 Å². The van der Waals surface area contributed by atoms with Gasteiger partial charge in [0.1, 0.15) is 67.1 Å². The summed E-state index contributed by atoms with van der Waals surface area (Å²) in [5.74, 6) is -2.06. The third kappa shape index (κ3) is 16.1. The average molecular weight is 998 g/mol. The average Bonchev–Trinajstić information content (AvgIpc) is 3.34. The predicted octanol–water partition coefficient (Wildman–Crippen LogP) is -4.05. The zero-order valence-corrected chi connectivity index (χ0v) is 42.2. The Morgan fingerprint density at radius 3 is 1.99 bits per heavy atom. The van der Waals surface area contributed by atoms with E-state index in [1.54, 1.807) is 0 Å². The molecule has 3 heterocycles. The number of aliphatic hydroxyl groups excluding tert-OH is 7. The normalized spacial score (nSPS) is 33.4. The van der Waals surface area contributed by atoms with Gasteiger partial charge in [0, 0.05) is 18.6 Å². The summed E-state index contributed by atoms with van der Waals surface area (Å²) in [7, 11) is 4.15. The quantitative estimate of drug-likeness (QED) is 0.0263. The summed E-state index contributed by atoms with van der Waals surface area (Å²) >= 11 is 0. The van der Waals surface area contributed by atoms with Crippen molar-refractivity contribution in [2.24, 2.45) is 5.92 Å². The number of aliphatic hydroxyl groups is 7. The molecular formula is C46H72NNaO21. The standard InChI is InChI=1S/C46H73NO21.Na/c1-24-34(51)36(53)37(54)45(63-24)68-40-33(47-42(56)26-17-18-27(59-2)28(21-26)60-3)44(62-19-13-8-6-5-7-12-16-32(50)61-4)66-31(23-49)39(40)67-46-38(55)41(35(52)30(22-48)65-46)64-29(43(57)58)20-25-14-10-9-11-15-25;/h17-18,21,24-25,29-31,33-41,44-46,48-49,51-55H,5-16,19-20,22-23H2,1-4H3,(H,47,56)(H,57,58);/q;+1/p-1/t24-,29-,30+,31+,33+,34+,35-,36+,37-,38+,39+,40+,41-,44+,45-,46-;/m0./s1. The molecule has 0 unspecified atom stereocenters. The van der Waals surface area contributed by atoms with E-state index >= 15 is 0 Å². The summed E-state index contributed by atoms with van der Waals surface area (Å²) in [5.41, 5.74) is 0.0664. The minimum absolute atomic E-state index is 0. The first-order valence-electron chi connectivity index (χ1n) is 23.6. The number of aliphatic carboxylic acids is 1. The van der Waals surface area contributed by atoms with Gasteiger partial charge in [0.2, 0.25) is 0 Å². The zero-order valence-electron chi connectivity index (χ0n) is 40.2. The Bertz CT molecular complexity index is 1710. The second-order valence-electron chi connectivity index (χ2n) is 17.9. The molecule has 0 radical (unpaired) electrons. The van der Waals surface area contributed by atoms with Crippen LogP contribution < -0.4 is 49.5 Å². The van der Waals surface area contributed by atoms with Gasteiger partial charge in [0.05, 0.1) is 52.7 Å². The number of rotatable bonds is 25. The van der Waals surface area contributed by atoms with E-state index in [0.29, 0.717) is 31.4 Å². The van der Waals surface area contributed by atoms with Crippen molar-refractivity contribution in [1.82, 2.24) is 5.32 Å². The van der Waals surface area contributed by atoms with Crippen molar-refractivity contribution in [2.75, 3.05) is 41.2 Å². The van der Waals surface area contributed by atoms with E-state index in [1.165, 1.54) is 46.5 Å². The fraction of sp³-hybridized carbons (Fsp3) is 0.804. The van der Waals surface area contributed by atoms with Gasteiger partial charge in [-0.25, -0.2) is 0 Å². The molecule has 22 nitrogen and oxygen atoms in total. The summed E-state index contributed by atoms with van der Waals surface area (Å²) in [6, 6.07) is 2.92. The van der Waals surface area contributed by atoms with Gasteiger partial charge in [-0.15, -0.1) is 0 Å². The fourth-order valence-electron chi connectivity index (χ4n) is 9.15. The van der Waals surface area contributed by atoms with E-state index in [9.17, 15) is 55.2 Å². The summed E-state index contributed by atoms with van der Waals surface area (Å²) in [6.07, 6.45) is -15.5. The molecular weight excluding hydrogens is 925 g/mol. The van der Waals surface area contributed by atoms with Crippen molar-refractivity contribution >= 4 is 17.8 Å². The first kappa shape index (κ1) is 59.2. The van der Waals surface area contributed by atoms with Crippen molar-refractivity contribution in [3.8, 4) is 11.5 Å². The minimum atomic E-state index is -1.97. The molecule has 4 fully saturated rings. The molecule has 3 saturated heterocycles. The number of nitrogens with one attached hydrogen (secondary N) is 1. The summed E-state index contributed by atoms with van der Waals surface area (Å²) in [6.45, 7) is -0.172. The van der Waals surface area contributed by atoms with E-state index < -0.39 is 123 Å². The van der Waals surface area contributed by atoms with Crippen LogP contribution in [0.15, 0.2) is 18.2 Å². The molecule has 5 rings (SSSR count). The van der Waals surface area contributed by atoms with Gasteiger partial charge in [-0.05, 0) is 50.3 Å². The SMILES string of the molecule is COC(=O)CCCCCCCCO[C@@H]1O[C@H](CO)[C@@H](O[C@@H]2O[C@H](CO)[C@H](O)[C@H](O[C@@H](CC3CCCCC3)C(=O)[O-])[C@H]2O)[C@H](O[C@@H]2O[C@@H](C)[C@@H](O)[C@@H](O)[C@@H]2O)[C@H]1NC(=O)c1ccc(OC)c(OC)c1.[Na+]. The van der Waals surface area contributed by atoms with E-state index in [4.69, 9.17) is 47.4 Å². The number of carboxylic acid groups (broad SMARTS) is 1. The number of carbonyl (C=O) groups excluding carboxylic acids is 3. The summed E-state index contributed by atoms with van der Waals surface area (Å²) in [4.78, 5) is 38.2. The van der Waals surface area contributed by atoms with Gasteiger partial charge < -0.3 is 98.3 Å². The number of esters is 1. The van der Waals surface area contributed by atoms with Gasteiger partial charge in [-0.2, -0.15) is 0 Å². The first-order chi connectivity index (χ1) is 32.6. The number of unbranched alkanes of at least 4 members (excludes halogenated alkanes) is 5. The molecule has 1 aromatic carbocycles. The van der Waals surface area contributed by atoms with E-state index in [2.05, 4.69) is 5.32 Å². The van der Waals surface area contributed by atoms with Crippen molar-refractivity contribution in [2.45, 2.75) is 189 Å². The van der Waals surface area contributed by atoms with Gasteiger partial charge in [0.15, 0.2) is 30.4 Å². The number of hydrogen-bond donors (Lipinski definition) is 8. The van der Waals surface area contributed by atoms with Crippen molar-refractivity contribution in [1.29, 1.82) is 0 Å². The molecule has 0 aromatic heterocycles. The maximum absolute atomic E-state index is 14.3. The molecule has 0 spiro atoms. The van der Waals surface area contributed by atoms with Crippen LogP contribution in [0.25, 0.3) is 0 Å². The number of amides is 1. The third-order valence-electron chi connectivity index (χ3n) is 13.1. The maximum atomic E-state index is 14.3. The molecule has 1 saturated carbocycles. The Labute approximate surface area is 424 Å². The van der Waals surface area contributed by atoms with Crippen LogP contribution in [0, 0.1) is 5.92 Å². The van der Waals surface area contributed by atoms with Crippen LogP contribution in [0.1, 0.15) is 101 Å². The van der Waals surface area contributed by atoms with Gasteiger partial charge in [0.25, 0.3) is 5.91 Å². The molecule has 1 aliphatic carbocycles. The van der Waals surface area contributed by atoms with Gasteiger partial charge in [-0.1, -0.05) is 57.8 Å². The number of carboxylic acids is 1. The van der Waals surface area contributed by atoms with Crippen LogP contribution in [-0.2, 0) is 47.5 Å². The Morgan fingerprint density at radius 2 is 1.35 bits per heavy atom. The Hall–Kier alpha value is -2.33. The zero-order chi connectivity index (χ0) is 49.5. The third-order valence-corrected chi connectivity index (χ3v) is 13.1. The van der Waals surface area contributed by atoms with Crippen LogP contribution >= 0.6 is 0 Å². The van der Waals surface area contributed by atoms with Crippen molar-refractivity contribution < 1.29 is 132 Å². The number of ether oxygens (including phenoxy) is 10. The number of carbonyl (C=O) groups is 3. The molecule has 69 heavy (non-hydrogen) atoms. The topological polar surface area (TPSA) is 320 Å². The van der Waals surface area contributed by atoms with Crippen LogP contribution in [0.5, 0.6) is 11.5 Å². The molecule has 1 aromatic rings. The number of benzene rings is 1. The Kier molecular flexibility index (Phi) is 25.2. The van der Waals surface area contributed by atoms with E-state index in [1.807, 2.05) is 0 Å². The van der Waals surface area contributed by atoms with Crippen molar-refractivity contribution in [3.63, 3.8) is 0 Å². The largest absolute Gasteiger partial charge is 1.00 e. The molecule has 4 aliphatic rings. The predicted molar refractivity (Wildman–Crippen MR) is 232 cm³/mol. The molecule has 8 N–H and O–H groups in total. The van der Waals surface area contributed by atoms with Crippen LogP contribution in [0.2, 0.25) is 0 Å². The molecule has 3 aliphatic heterocycles. The van der Waals surface area contributed by atoms with Crippen LogP contribution in [0.3, 0.4) is 0 Å². The summed E-state index contributed by atoms with van der Waals surface area (Å²) < 4.78 is 58.4. The molecule has 16 atom stereocenters. The van der Waals surface area contributed by atoms with Crippen LogP contribution in [0.4, 0.5) is 0 Å². The smallest absolute Gasteiger partial charge is 0.547 e. The molecule has 0 bridgehead atoms. The monoisotopic (exact) mass is 997 g/mol. The Balaban J connectivity index is 0.0000104. The molecule has 1 amide bonds. The maximum Gasteiger partial charge on any atom is 1.00 e. The van der Waals surface area contributed by atoms with E-state index in [-0.39, 0.29) is 65.8 Å². The van der Waals surface area contributed by atoms with Gasteiger partial charge in [-0.3, -0.25) is 9.59 Å². The Morgan fingerprint density at radius 1 is 0.725 bits per heavy atom. The molecule has 23 heteroatoms. The second kappa shape index (κ2) is 29.4. The first-order valence-corrected chi connectivity index (χ1v) is 23.6. The van der Waals surface area contributed by atoms with Crippen LogP contribution in [-0.4, -0.2) is 193 Å². The number of hydrogen-bond acceptors (Lipinski definition) is 21.